The van der Waals surface area contributed by atoms with E-state index in [1.165, 1.54) is 11.0 Å². The SMILES string of the molecule is C=CCNC(=O)C(=O)C(CCC)NC(=O)[C@@H]1[C@H](c2ccccc2)CN1C(=O)C(NC(=O)OC(C)(C)C)C1CCCCC1. The van der Waals surface area contributed by atoms with Crippen molar-refractivity contribution in [2.45, 2.75) is 102 Å². The van der Waals surface area contributed by atoms with Gasteiger partial charge in [0.15, 0.2) is 0 Å². The van der Waals surface area contributed by atoms with E-state index >= 15 is 0 Å². The van der Waals surface area contributed by atoms with E-state index < -0.39 is 47.4 Å². The average molecular weight is 583 g/mol. The van der Waals surface area contributed by atoms with Crippen LogP contribution in [0.3, 0.4) is 0 Å². The first-order valence-corrected chi connectivity index (χ1v) is 15.0. The van der Waals surface area contributed by atoms with Crippen molar-refractivity contribution < 1.29 is 28.7 Å². The number of carbonyl (C=O) groups is 5. The smallest absolute Gasteiger partial charge is 0.408 e. The molecule has 1 saturated carbocycles. The molecule has 1 heterocycles. The molecule has 3 N–H and O–H groups in total. The van der Waals surface area contributed by atoms with Crippen molar-refractivity contribution in [3.63, 3.8) is 0 Å². The monoisotopic (exact) mass is 582 g/mol. The van der Waals surface area contributed by atoms with Crippen LogP contribution < -0.4 is 16.0 Å². The van der Waals surface area contributed by atoms with Crippen LogP contribution in [0.15, 0.2) is 43.0 Å². The Hall–Kier alpha value is -3.69. The molecule has 0 spiro atoms. The van der Waals surface area contributed by atoms with Gasteiger partial charge in [-0.15, -0.1) is 6.58 Å². The molecule has 2 fully saturated rings. The summed E-state index contributed by atoms with van der Waals surface area (Å²) in [6, 6.07) is 6.65. The number of likely N-dealkylation sites (tertiary alicyclic amines) is 1. The number of hydrogen-bond donors (Lipinski definition) is 3. The van der Waals surface area contributed by atoms with Crippen molar-refractivity contribution in [1.29, 1.82) is 0 Å². The molecule has 2 unspecified atom stereocenters. The van der Waals surface area contributed by atoms with Gasteiger partial charge in [0.1, 0.15) is 17.7 Å². The van der Waals surface area contributed by atoms with Crippen LogP contribution in [-0.2, 0) is 23.9 Å². The quantitative estimate of drug-likeness (QED) is 0.255. The Morgan fingerprint density at radius 2 is 1.71 bits per heavy atom. The van der Waals surface area contributed by atoms with Crippen LogP contribution in [0.1, 0.15) is 84.1 Å². The summed E-state index contributed by atoms with van der Waals surface area (Å²) < 4.78 is 5.48. The maximum Gasteiger partial charge on any atom is 0.408 e. The Morgan fingerprint density at radius 3 is 2.31 bits per heavy atom. The standard InChI is InChI=1S/C32H46N4O6/c1-6-14-24(27(37)29(39)33-19-7-2)34-28(38)26-23(21-15-10-8-11-16-21)20-36(26)30(40)25(22-17-12-9-13-18-22)35-31(41)42-32(3,4)5/h7-8,10-11,15-16,22-26H,2,6,9,12-14,17-20H2,1,3-5H3,(H,33,39)(H,34,38)(H,35,41)/t23-,24?,25?,26-/m0/s1. The van der Waals surface area contributed by atoms with Crippen molar-refractivity contribution in [2.24, 2.45) is 5.92 Å². The predicted octanol–water partition coefficient (Wildman–Crippen LogP) is 3.61. The number of rotatable bonds is 12. The maximum atomic E-state index is 14.1. The molecule has 1 aromatic rings. The molecule has 4 atom stereocenters. The molecule has 2 aliphatic rings. The molecular weight excluding hydrogens is 536 g/mol. The zero-order valence-corrected chi connectivity index (χ0v) is 25.3. The minimum absolute atomic E-state index is 0.0822. The van der Waals surface area contributed by atoms with Gasteiger partial charge in [0, 0.05) is 19.0 Å². The number of ketones is 1. The third-order valence-corrected chi connectivity index (χ3v) is 7.79. The highest BCUT2D eigenvalue weighted by molar-refractivity contribution is 6.38. The highest BCUT2D eigenvalue weighted by Crippen LogP contribution is 2.37. The lowest BCUT2D eigenvalue weighted by Gasteiger charge is -2.49. The molecule has 0 radical (unpaired) electrons. The zero-order chi connectivity index (χ0) is 30.9. The summed E-state index contributed by atoms with van der Waals surface area (Å²) in [4.78, 5) is 67.6. The molecule has 3 rings (SSSR count). The van der Waals surface area contributed by atoms with Gasteiger partial charge < -0.3 is 25.6 Å². The van der Waals surface area contributed by atoms with E-state index in [2.05, 4.69) is 22.5 Å². The summed E-state index contributed by atoms with van der Waals surface area (Å²) in [5.41, 5.74) is 0.152. The van der Waals surface area contributed by atoms with Crippen molar-refractivity contribution >= 4 is 29.6 Å². The normalized spacial score (nSPS) is 20.3. The zero-order valence-electron chi connectivity index (χ0n) is 25.3. The van der Waals surface area contributed by atoms with Crippen LogP contribution in [0, 0.1) is 5.92 Å². The van der Waals surface area contributed by atoms with Gasteiger partial charge in [-0.05, 0) is 51.5 Å². The van der Waals surface area contributed by atoms with Crippen LogP contribution in [0.4, 0.5) is 4.79 Å². The van der Waals surface area contributed by atoms with Crippen molar-refractivity contribution in [1.82, 2.24) is 20.9 Å². The van der Waals surface area contributed by atoms with Crippen molar-refractivity contribution in [3.8, 4) is 0 Å². The number of ether oxygens (including phenoxy) is 1. The molecule has 10 nitrogen and oxygen atoms in total. The Labute approximate surface area is 249 Å². The molecule has 4 amide bonds. The largest absolute Gasteiger partial charge is 0.444 e. The number of nitrogens with one attached hydrogen (secondary N) is 3. The Kier molecular flexibility index (Phi) is 11.7. The number of carbonyl (C=O) groups excluding carboxylic acids is 5. The Bertz CT molecular complexity index is 1130. The first-order chi connectivity index (χ1) is 20.0. The van der Waals surface area contributed by atoms with E-state index in [-0.39, 0.29) is 37.3 Å². The summed E-state index contributed by atoms with van der Waals surface area (Å²) in [7, 11) is 0. The number of alkyl carbamates (subject to hydrolysis) is 1. The molecule has 10 heteroatoms. The van der Waals surface area contributed by atoms with Gasteiger partial charge in [0.2, 0.25) is 17.6 Å². The van der Waals surface area contributed by atoms with Gasteiger partial charge in [-0.3, -0.25) is 19.2 Å². The van der Waals surface area contributed by atoms with Gasteiger partial charge >= 0.3 is 6.09 Å². The van der Waals surface area contributed by atoms with E-state index in [1.807, 2.05) is 37.3 Å². The third kappa shape index (κ3) is 8.66. The van der Waals surface area contributed by atoms with E-state index in [4.69, 9.17) is 4.74 Å². The highest BCUT2D eigenvalue weighted by Gasteiger charge is 2.50. The molecule has 1 aromatic carbocycles. The van der Waals surface area contributed by atoms with Crippen LogP contribution in [0.25, 0.3) is 0 Å². The van der Waals surface area contributed by atoms with Gasteiger partial charge in [-0.25, -0.2) is 4.79 Å². The maximum absolute atomic E-state index is 14.1. The fourth-order valence-electron chi connectivity index (χ4n) is 5.73. The lowest BCUT2D eigenvalue weighted by atomic mass is 9.78. The number of benzene rings is 1. The number of hydrogen-bond acceptors (Lipinski definition) is 6. The average Bonchev–Trinajstić information content (AvgIpc) is 2.93. The topological polar surface area (TPSA) is 134 Å². The van der Waals surface area contributed by atoms with E-state index in [9.17, 15) is 24.0 Å². The van der Waals surface area contributed by atoms with Crippen molar-refractivity contribution in [3.05, 3.63) is 48.6 Å². The second-order valence-electron chi connectivity index (χ2n) is 12.2. The van der Waals surface area contributed by atoms with Crippen LogP contribution in [0.5, 0.6) is 0 Å². The minimum Gasteiger partial charge on any atom is -0.444 e. The second-order valence-corrected chi connectivity index (χ2v) is 12.2. The fraction of sp³-hybridized carbons (Fsp3) is 0.594. The molecule has 1 aliphatic heterocycles. The molecule has 1 aliphatic carbocycles. The fourth-order valence-corrected chi connectivity index (χ4v) is 5.73. The minimum atomic E-state index is -1.03. The second kappa shape index (κ2) is 15.0. The summed E-state index contributed by atoms with van der Waals surface area (Å²) in [5, 5.41) is 8.07. The third-order valence-electron chi connectivity index (χ3n) is 7.79. The lowest BCUT2D eigenvalue weighted by Crippen LogP contribution is -2.68. The molecular formula is C32H46N4O6. The Morgan fingerprint density at radius 1 is 1.05 bits per heavy atom. The van der Waals surface area contributed by atoms with E-state index in [0.717, 1.165) is 37.7 Å². The summed E-state index contributed by atoms with van der Waals surface area (Å²) in [6.07, 6.45) is 6.17. The van der Waals surface area contributed by atoms with Gasteiger partial charge in [0.05, 0.1) is 6.04 Å². The van der Waals surface area contributed by atoms with E-state index in [0.29, 0.717) is 6.42 Å². The molecule has 230 valence electrons. The van der Waals surface area contributed by atoms with Gasteiger partial charge in [-0.2, -0.15) is 0 Å². The molecule has 1 saturated heterocycles. The number of Topliss-reactive ketones (excluding diaryl/α,β-unsaturated/α-hetero) is 1. The first-order valence-electron chi connectivity index (χ1n) is 15.0. The summed E-state index contributed by atoms with van der Waals surface area (Å²) in [5.74, 6) is -2.79. The predicted molar refractivity (Wildman–Crippen MR) is 159 cm³/mol. The van der Waals surface area contributed by atoms with Gasteiger partial charge in [0.25, 0.3) is 5.91 Å². The molecule has 0 bridgehead atoms. The molecule has 0 aromatic heterocycles. The number of nitrogens with zero attached hydrogens (tertiary/aromatic N) is 1. The van der Waals surface area contributed by atoms with Gasteiger partial charge in [-0.1, -0.05) is 69.0 Å². The highest BCUT2D eigenvalue weighted by atomic mass is 16.6. The summed E-state index contributed by atoms with van der Waals surface area (Å²) >= 11 is 0. The first kappa shape index (κ1) is 32.8. The van der Waals surface area contributed by atoms with Crippen LogP contribution in [0.2, 0.25) is 0 Å². The molecule has 42 heavy (non-hydrogen) atoms. The number of amides is 4. The van der Waals surface area contributed by atoms with E-state index in [1.54, 1.807) is 20.8 Å². The Balaban J connectivity index is 1.87. The van der Waals surface area contributed by atoms with Crippen LogP contribution in [-0.4, -0.2) is 71.3 Å². The van der Waals surface area contributed by atoms with Crippen LogP contribution >= 0.6 is 0 Å². The summed E-state index contributed by atoms with van der Waals surface area (Å²) in [6.45, 7) is 11.1. The van der Waals surface area contributed by atoms with Crippen molar-refractivity contribution in [2.75, 3.05) is 13.1 Å². The lowest BCUT2D eigenvalue weighted by molar-refractivity contribution is -0.153.